The van der Waals surface area contributed by atoms with Crippen LogP contribution in [0.15, 0.2) is 72.8 Å². The highest BCUT2D eigenvalue weighted by Gasteiger charge is 2.22. The zero-order valence-corrected chi connectivity index (χ0v) is 13.4. The molecule has 0 heterocycles. The Bertz CT molecular complexity index is 888. The van der Waals surface area contributed by atoms with Crippen molar-refractivity contribution in [3.05, 3.63) is 72.8 Å². The topological polar surface area (TPSA) is 87.0 Å². The highest BCUT2D eigenvalue weighted by molar-refractivity contribution is 7.46. The first-order valence-electron chi connectivity index (χ1n) is 7.17. The minimum absolute atomic E-state index is 0.261. The molecule has 24 heavy (non-hydrogen) atoms. The summed E-state index contributed by atoms with van der Waals surface area (Å²) >= 11 is 0. The molecule has 0 fully saturated rings. The van der Waals surface area contributed by atoms with Gasteiger partial charge in [-0.05, 0) is 28.8 Å². The molecule has 122 valence electrons. The van der Waals surface area contributed by atoms with Crippen molar-refractivity contribution in [2.75, 3.05) is 0 Å². The van der Waals surface area contributed by atoms with Crippen molar-refractivity contribution in [2.45, 2.75) is 0 Å². The Balaban J connectivity index is 2.21. The number of phosphoric ester groups is 1. The Kier molecular flexibility index (Phi) is 4.40. The van der Waals surface area contributed by atoms with Crippen LogP contribution in [0.2, 0.25) is 0 Å². The predicted molar refractivity (Wildman–Crippen MR) is 91.7 cm³/mol. The minimum atomic E-state index is -4.80. The first kappa shape index (κ1) is 16.3. The maximum absolute atomic E-state index is 11.2. The van der Waals surface area contributed by atoms with Gasteiger partial charge in [-0.1, -0.05) is 60.7 Å². The van der Waals surface area contributed by atoms with Gasteiger partial charge in [-0.3, -0.25) is 9.79 Å². The summed E-state index contributed by atoms with van der Waals surface area (Å²) in [5, 5.41) is 10.4. The molecule has 0 spiro atoms. The average molecular weight is 342 g/mol. The molecule has 5 nitrogen and oxygen atoms in total. The Morgan fingerprint density at radius 1 is 0.750 bits per heavy atom. The van der Waals surface area contributed by atoms with E-state index in [1.165, 1.54) is 6.07 Å². The molecule has 3 aromatic rings. The molecule has 0 unspecified atom stereocenters. The summed E-state index contributed by atoms with van der Waals surface area (Å²) in [4.78, 5) is 18.2. The third kappa shape index (κ3) is 3.66. The third-order valence-corrected chi connectivity index (χ3v) is 3.92. The zero-order chi connectivity index (χ0) is 17.2. The van der Waals surface area contributed by atoms with Crippen LogP contribution in [0, 0.1) is 0 Å². The largest absolute Gasteiger partial charge is 0.524 e. The summed E-state index contributed by atoms with van der Waals surface area (Å²) in [5.74, 6) is -0.576. The molecule has 3 N–H and O–H groups in total. The average Bonchev–Trinajstić information content (AvgIpc) is 2.57. The highest BCUT2D eigenvalue weighted by Crippen LogP contribution is 2.47. The van der Waals surface area contributed by atoms with Crippen LogP contribution in [-0.2, 0) is 4.57 Å². The Hall–Kier alpha value is -2.59. The quantitative estimate of drug-likeness (QED) is 0.619. The van der Waals surface area contributed by atoms with Gasteiger partial charge in [0.15, 0.2) is 11.5 Å². The van der Waals surface area contributed by atoms with Crippen LogP contribution in [0.1, 0.15) is 0 Å². The van der Waals surface area contributed by atoms with Gasteiger partial charge in [0.1, 0.15) is 0 Å². The molecule has 0 bridgehead atoms. The molecule has 6 heteroatoms. The van der Waals surface area contributed by atoms with E-state index in [0.29, 0.717) is 16.7 Å². The van der Waals surface area contributed by atoms with Crippen LogP contribution in [-0.4, -0.2) is 14.9 Å². The van der Waals surface area contributed by atoms with Crippen molar-refractivity contribution in [1.82, 2.24) is 0 Å². The predicted octanol–water partition coefficient (Wildman–Crippen LogP) is 4.20. The minimum Gasteiger partial charge on any atom is -0.504 e. The SMILES string of the molecule is O=P(O)(O)Oc1cc(-c2ccccc2)cc(-c2ccccc2)c1O. The van der Waals surface area contributed by atoms with E-state index in [1.54, 1.807) is 18.2 Å². The van der Waals surface area contributed by atoms with Crippen molar-refractivity contribution in [3.8, 4) is 33.8 Å². The van der Waals surface area contributed by atoms with Gasteiger partial charge in [-0.2, -0.15) is 0 Å². The molecule has 0 aromatic heterocycles. The van der Waals surface area contributed by atoms with Crippen molar-refractivity contribution in [3.63, 3.8) is 0 Å². The van der Waals surface area contributed by atoms with Crippen molar-refractivity contribution in [1.29, 1.82) is 0 Å². The lowest BCUT2D eigenvalue weighted by molar-refractivity contribution is 0.278. The number of phenols is 1. The van der Waals surface area contributed by atoms with E-state index in [4.69, 9.17) is 9.79 Å². The van der Waals surface area contributed by atoms with Crippen molar-refractivity contribution >= 4 is 7.82 Å². The fraction of sp³-hybridized carbons (Fsp3) is 0. The third-order valence-electron chi connectivity index (χ3n) is 3.48. The van der Waals surface area contributed by atoms with Crippen LogP contribution < -0.4 is 4.52 Å². The van der Waals surface area contributed by atoms with Gasteiger partial charge in [0.2, 0.25) is 0 Å². The summed E-state index contributed by atoms with van der Waals surface area (Å²) < 4.78 is 15.9. The van der Waals surface area contributed by atoms with Crippen LogP contribution >= 0.6 is 7.82 Å². The van der Waals surface area contributed by atoms with E-state index in [9.17, 15) is 9.67 Å². The summed E-state index contributed by atoms with van der Waals surface area (Å²) in [6.45, 7) is 0. The van der Waals surface area contributed by atoms with Gasteiger partial charge in [0, 0.05) is 5.56 Å². The Morgan fingerprint density at radius 2 is 1.29 bits per heavy atom. The second kappa shape index (κ2) is 6.49. The van der Waals surface area contributed by atoms with Gasteiger partial charge in [0.05, 0.1) is 0 Å². The zero-order valence-electron chi connectivity index (χ0n) is 12.5. The molecule has 3 rings (SSSR count). The van der Waals surface area contributed by atoms with E-state index >= 15 is 0 Å². The first-order valence-corrected chi connectivity index (χ1v) is 8.70. The lowest BCUT2D eigenvalue weighted by Crippen LogP contribution is -1.93. The summed E-state index contributed by atoms with van der Waals surface area (Å²) in [7, 11) is -4.80. The lowest BCUT2D eigenvalue weighted by Gasteiger charge is -2.15. The fourth-order valence-corrected chi connectivity index (χ4v) is 2.84. The Labute approximate surface area is 139 Å². The van der Waals surface area contributed by atoms with Crippen LogP contribution in [0.5, 0.6) is 11.5 Å². The lowest BCUT2D eigenvalue weighted by atomic mass is 9.97. The molecule has 0 aliphatic rings. The van der Waals surface area contributed by atoms with E-state index in [2.05, 4.69) is 4.52 Å². The molecular formula is C18H15O5P. The number of aromatic hydroxyl groups is 1. The Morgan fingerprint density at radius 3 is 1.83 bits per heavy atom. The summed E-state index contributed by atoms with van der Waals surface area (Å²) in [5.41, 5.74) is 2.66. The standard InChI is InChI=1S/C18H15O5P/c19-18-16(14-9-5-2-6-10-14)11-15(13-7-3-1-4-8-13)12-17(18)23-24(20,21)22/h1-12,19H,(H2,20,21,22). The maximum Gasteiger partial charge on any atom is 0.524 e. The van der Waals surface area contributed by atoms with E-state index in [0.717, 1.165) is 5.56 Å². The number of phosphoric acid groups is 1. The molecule has 3 aromatic carbocycles. The second-order valence-corrected chi connectivity index (χ2v) is 6.35. The molecule has 0 aliphatic heterocycles. The number of hydrogen-bond acceptors (Lipinski definition) is 3. The van der Waals surface area contributed by atoms with Gasteiger partial charge >= 0.3 is 7.82 Å². The molecule has 0 atom stereocenters. The molecule has 0 aliphatic carbocycles. The highest BCUT2D eigenvalue weighted by atomic mass is 31.2. The molecule has 0 saturated carbocycles. The van der Waals surface area contributed by atoms with Crippen LogP contribution in [0.25, 0.3) is 22.3 Å². The van der Waals surface area contributed by atoms with Gasteiger partial charge in [-0.25, -0.2) is 4.57 Å². The smallest absolute Gasteiger partial charge is 0.504 e. The summed E-state index contributed by atoms with van der Waals surface area (Å²) in [6, 6.07) is 21.5. The van der Waals surface area contributed by atoms with E-state index in [1.807, 2.05) is 48.5 Å². The van der Waals surface area contributed by atoms with Gasteiger partial charge in [-0.15, -0.1) is 0 Å². The molecule has 0 radical (unpaired) electrons. The van der Waals surface area contributed by atoms with Gasteiger partial charge < -0.3 is 9.63 Å². The number of phenolic OH excluding ortho intramolecular Hbond substituents is 1. The monoisotopic (exact) mass is 342 g/mol. The number of rotatable bonds is 4. The van der Waals surface area contributed by atoms with Crippen LogP contribution in [0.4, 0.5) is 0 Å². The summed E-state index contributed by atoms with van der Waals surface area (Å²) in [6.07, 6.45) is 0. The molecular weight excluding hydrogens is 327 g/mol. The van der Waals surface area contributed by atoms with Crippen molar-refractivity contribution < 1.29 is 24.0 Å². The number of benzene rings is 3. The van der Waals surface area contributed by atoms with Crippen molar-refractivity contribution in [2.24, 2.45) is 0 Å². The fourth-order valence-electron chi connectivity index (χ4n) is 2.44. The maximum atomic E-state index is 11.2. The molecule has 0 saturated heterocycles. The first-order chi connectivity index (χ1) is 11.4. The van der Waals surface area contributed by atoms with Crippen LogP contribution in [0.3, 0.4) is 0 Å². The van der Waals surface area contributed by atoms with E-state index < -0.39 is 7.82 Å². The number of hydrogen-bond donors (Lipinski definition) is 3. The van der Waals surface area contributed by atoms with Gasteiger partial charge in [0.25, 0.3) is 0 Å². The molecule has 0 amide bonds. The van der Waals surface area contributed by atoms with E-state index in [-0.39, 0.29) is 11.5 Å². The second-order valence-electron chi connectivity index (χ2n) is 5.18. The normalized spacial score (nSPS) is 11.2.